The first-order valence-electron chi connectivity index (χ1n) is 8.00. The number of carbonyl (C=O) groups excluding carboxylic acids is 1. The Morgan fingerprint density at radius 2 is 2.00 bits per heavy atom. The molecular formula is C19H19N3O4. The second-order valence-corrected chi connectivity index (χ2v) is 5.68. The maximum atomic E-state index is 12.3. The standard InChI is InChI=1S/C19H19N3O4/c1-12-5-4-6-13(9-12)19-21-17(22-26-19)11-18(23)20-15-10-14(24-2)7-8-16(15)25-3/h4-10H,11H2,1-3H3,(H,20,23). The van der Waals surface area contributed by atoms with Crippen molar-refractivity contribution in [3.63, 3.8) is 0 Å². The highest BCUT2D eigenvalue weighted by Gasteiger charge is 2.14. The van der Waals surface area contributed by atoms with Gasteiger partial charge < -0.3 is 19.3 Å². The maximum absolute atomic E-state index is 12.3. The minimum atomic E-state index is -0.284. The SMILES string of the molecule is COc1ccc(OC)c(NC(=O)Cc2noc(-c3cccc(C)c3)n2)c1. The number of rotatable bonds is 6. The highest BCUT2D eigenvalue weighted by atomic mass is 16.5. The zero-order valence-electron chi connectivity index (χ0n) is 14.8. The van der Waals surface area contributed by atoms with E-state index in [9.17, 15) is 4.79 Å². The number of carbonyl (C=O) groups is 1. The van der Waals surface area contributed by atoms with Crippen molar-refractivity contribution < 1.29 is 18.8 Å². The number of nitrogens with zero attached hydrogens (tertiary/aromatic N) is 2. The van der Waals surface area contributed by atoms with Gasteiger partial charge in [0.05, 0.1) is 26.3 Å². The van der Waals surface area contributed by atoms with Crippen LogP contribution in [0.25, 0.3) is 11.5 Å². The number of benzene rings is 2. The number of methoxy groups -OCH3 is 2. The third kappa shape index (κ3) is 4.00. The van der Waals surface area contributed by atoms with E-state index in [-0.39, 0.29) is 12.3 Å². The van der Waals surface area contributed by atoms with E-state index in [0.717, 1.165) is 11.1 Å². The van der Waals surface area contributed by atoms with Crippen LogP contribution in [0.4, 0.5) is 5.69 Å². The lowest BCUT2D eigenvalue weighted by Gasteiger charge is -2.11. The van der Waals surface area contributed by atoms with Gasteiger partial charge >= 0.3 is 0 Å². The van der Waals surface area contributed by atoms with E-state index in [1.54, 1.807) is 25.3 Å². The number of anilines is 1. The van der Waals surface area contributed by atoms with Crippen molar-refractivity contribution in [2.75, 3.05) is 19.5 Å². The molecule has 0 aliphatic heterocycles. The van der Waals surface area contributed by atoms with Crippen molar-refractivity contribution in [2.24, 2.45) is 0 Å². The normalized spacial score (nSPS) is 10.4. The van der Waals surface area contributed by atoms with Gasteiger partial charge in [-0.1, -0.05) is 22.9 Å². The highest BCUT2D eigenvalue weighted by Crippen LogP contribution is 2.29. The van der Waals surface area contributed by atoms with Crippen LogP contribution in [-0.4, -0.2) is 30.3 Å². The van der Waals surface area contributed by atoms with Gasteiger partial charge in [-0.3, -0.25) is 4.79 Å². The molecule has 0 bridgehead atoms. The molecule has 0 aliphatic rings. The summed E-state index contributed by atoms with van der Waals surface area (Å²) in [5.41, 5.74) is 2.42. The van der Waals surface area contributed by atoms with E-state index in [1.165, 1.54) is 7.11 Å². The number of aromatic nitrogens is 2. The van der Waals surface area contributed by atoms with E-state index >= 15 is 0 Å². The van der Waals surface area contributed by atoms with Gasteiger partial charge in [-0.05, 0) is 31.2 Å². The van der Waals surface area contributed by atoms with Crippen LogP contribution in [0.15, 0.2) is 47.0 Å². The Morgan fingerprint density at radius 1 is 1.15 bits per heavy atom. The van der Waals surface area contributed by atoms with Gasteiger partial charge in [0.1, 0.15) is 11.5 Å². The van der Waals surface area contributed by atoms with Crippen molar-refractivity contribution in [3.8, 4) is 23.0 Å². The molecule has 0 spiro atoms. The molecule has 26 heavy (non-hydrogen) atoms. The second-order valence-electron chi connectivity index (χ2n) is 5.68. The van der Waals surface area contributed by atoms with Crippen LogP contribution in [0.1, 0.15) is 11.4 Å². The molecule has 1 aromatic heterocycles. The Balaban J connectivity index is 1.71. The van der Waals surface area contributed by atoms with Crippen LogP contribution in [-0.2, 0) is 11.2 Å². The molecule has 0 fully saturated rings. The first kappa shape index (κ1) is 17.5. The van der Waals surface area contributed by atoms with Crippen LogP contribution in [0.2, 0.25) is 0 Å². The Hall–Kier alpha value is -3.35. The third-order valence-corrected chi connectivity index (χ3v) is 3.73. The first-order chi connectivity index (χ1) is 12.6. The van der Waals surface area contributed by atoms with E-state index in [1.807, 2.05) is 31.2 Å². The molecule has 0 aliphatic carbocycles. The Kier molecular flexibility index (Phi) is 5.17. The van der Waals surface area contributed by atoms with Gasteiger partial charge in [-0.25, -0.2) is 0 Å². The lowest BCUT2D eigenvalue weighted by atomic mass is 10.1. The summed E-state index contributed by atoms with van der Waals surface area (Å²) in [5.74, 6) is 1.56. The largest absolute Gasteiger partial charge is 0.497 e. The molecule has 2 aromatic carbocycles. The quantitative estimate of drug-likeness (QED) is 0.732. The summed E-state index contributed by atoms with van der Waals surface area (Å²) in [6.07, 6.45) is -0.0182. The van der Waals surface area contributed by atoms with Gasteiger partial charge in [-0.15, -0.1) is 0 Å². The van der Waals surface area contributed by atoms with Crippen LogP contribution >= 0.6 is 0 Å². The fraction of sp³-hybridized carbons (Fsp3) is 0.211. The molecule has 7 heteroatoms. The topological polar surface area (TPSA) is 86.5 Å². The lowest BCUT2D eigenvalue weighted by molar-refractivity contribution is -0.115. The molecule has 0 unspecified atom stereocenters. The summed E-state index contributed by atoms with van der Waals surface area (Å²) >= 11 is 0. The van der Waals surface area contributed by atoms with Crippen molar-refractivity contribution in [1.82, 2.24) is 10.1 Å². The molecule has 1 heterocycles. The number of aryl methyl sites for hydroxylation is 1. The van der Waals surface area contributed by atoms with E-state index < -0.39 is 0 Å². The Morgan fingerprint density at radius 3 is 2.73 bits per heavy atom. The number of nitrogens with one attached hydrogen (secondary N) is 1. The van der Waals surface area contributed by atoms with Crippen LogP contribution in [0.5, 0.6) is 11.5 Å². The second kappa shape index (κ2) is 7.69. The Labute approximate surface area is 150 Å². The third-order valence-electron chi connectivity index (χ3n) is 3.73. The van der Waals surface area contributed by atoms with Gasteiger partial charge in [0.25, 0.3) is 5.89 Å². The van der Waals surface area contributed by atoms with E-state index in [0.29, 0.717) is 28.9 Å². The number of hydrogen-bond donors (Lipinski definition) is 1. The zero-order valence-corrected chi connectivity index (χ0v) is 14.8. The van der Waals surface area contributed by atoms with Crippen LogP contribution in [0.3, 0.4) is 0 Å². The fourth-order valence-corrected chi connectivity index (χ4v) is 2.47. The van der Waals surface area contributed by atoms with Crippen molar-refractivity contribution in [2.45, 2.75) is 13.3 Å². The molecule has 7 nitrogen and oxygen atoms in total. The molecule has 0 saturated heterocycles. The Bertz CT molecular complexity index is 921. The van der Waals surface area contributed by atoms with Crippen LogP contribution < -0.4 is 14.8 Å². The molecule has 134 valence electrons. The molecule has 1 N–H and O–H groups in total. The molecule has 0 atom stereocenters. The van der Waals surface area contributed by atoms with Gasteiger partial charge in [-0.2, -0.15) is 4.98 Å². The van der Waals surface area contributed by atoms with E-state index in [4.69, 9.17) is 14.0 Å². The molecule has 3 rings (SSSR count). The van der Waals surface area contributed by atoms with Gasteiger partial charge in [0.15, 0.2) is 5.82 Å². The molecule has 0 saturated carbocycles. The number of amides is 1. The smallest absolute Gasteiger partial charge is 0.257 e. The average Bonchev–Trinajstić information content (AvgIpc) is 3.10. The summed E-state index contributed by atoms with van der Waals surface area (Å²) in [6, 6.07) is 12.9. The lowest BCUT2D eigenvalue weighted by Crippen LogP contribution is -2.15. The summed E-state index contributed by atoms with van der Waals surface area (Å²) in [5, 5.41) is 6.65. The van der Waals surface area contributed by atoms with E-state index in [2.05, 4.69) is 15.5 Å². The molecule has 0 radical (unpaired) electrons. The predicted octanol–water partition coefficient (Wildman–Crippen LogP) is 3.24. The molecule has 3 aromatic rings. The summed E-state index contributed by atoms with van der Waals surface area (Å²) < 4.78 is 15.7. The van der Waals surface area contributed by atoms with Crippen LogP contribution in [0, 0.1) is 6.92 Å². The fourth-order valence-electron chi connectivity index (χ4n) is 2.47. The average molecular weight is 353 g/mol. The van der Waals surface area contributed by atoms with Crippen molar-refractivity contribution >= 4 is 11.6 Å². The molecular weight excluding hydrogens is 334 g/mol. The summed E-state index contributed by atoms with van der Waals surface area (Å²) in [7, 11) is 3.09. The number of ether oxygens (including phenoxy) is 2. The zero-order chi connectivity index (χ0) is 18.5. The summed E-state index contributed by atoms with van der Waals surface area (Å²) in [6.45, 7) is 1.98. The highest BCUT2D eigenvalue weighted by molar-refractivity contribution is 5.93. The van der Waals surface area contributed by atoms with Crippen molar-refractivity contribution in [1.29, 1.82) is 0 Å². The van der Waals surface area contributed by atoms with Crippen molar-refractivity contribution in [3.05, 3.63) is 53.9 Å². The first-order valence-corrected chi connectivity index (χ1v) is 8.00. The predicted molar refractivity (Wildman–Crippen MR) is 96.4 cm³/mol. The summed E-state index contributed by atoms with van der Waals surface area (Å²) in [4.78, 5) is 16.6. The monoisotopic (exact) mass is 353 g/mol. The minimum absolute atomic E-state index is 0.0182. The number of hydrogen-bond acceptors (Lipinski definition) is 6. The molecule has 1 amide bonds. The maximum Gasteiger partial charge on any atom is 0.257 e. The minimum Gasteiger partial charge on any atom is -0.497 e. The van der Waals surface area contributed by atoms with Gasteiger partial charge in [0, 0.05) is 11.6 Å². The van der Waals surface area contributed by atoms with Gasteiger partial charge in [0.2, 0.25) is 5.91 Å².